The Morgan fingerprint density at radius 3 is 2.55 bits per heavy atom. The molecule has 112 valence electrons. The van der Waals surface area contributed by atoms with E-state index in [0.717, 1.165) is 18.4 Å². The first-order valence-corrected chi connectivity index (χ1v) is 7.34. The summed E-state index contributed by atoms with van der Waals surface area (Å²) in [5.74, 6) is -0.175. The first kappa shape index (κ1) is 17.0. The Morgan fingerprint density at radius 2 is 2.05 bits per heavy atom. The topological polar surface area (TPSA) is 75.3 Å². The van der Waals surface area contributed by atoms with Crippen molar-refractivity contribution in [1.82, 2.24) is 5.32 Å². The summed E-state index contributed by atoms with van der Waals surface area (Å²) in [6, 6.07) is 5.00. The van der Waals surface area contributed by atoms with Gasteiger partial charge in [-0.15, -0.1) is 0 Å². The van der Waals surface area contributed by atoms with Crippen LogP contribution in [0.15, 0.2) is 18.2 Å². The molecule has 0 aliphatic heterocycles. The van der Waals surface area contributed by atoms with Crippen molar-refractivity contribution >= 4 is 17.5 Å². The second-order valence-corrected chi connectivity index (χ2v) is 5.35. The molecule has 1 aromatic rings. The van der Waals surface area contributed by atoms with Crippen molar-refractivity contribution in [3.8, 4) is 0 Å². The lowest BCUT2D eigenvalue weighted by Gasteiger charge is -2.20. The zero-order chi connectivity index (χ0) is 15.1. The zero-order valence-corrected chi connectivity index (χ0v) is 12.8. The van der Waals surface area contributed by atoms with E-state index in [1.165, 1.54) is 0 Å². The van der Waals surface area contributed by atoms with Gasteiger partial charge in [0, 0.05) is 23.7 Å². The van der Waals surface area contributed by atoms with Gasteiger partial charge in [0.25, 0.3) is 0 Å². The number of halogens is 1. The molecular weight excluding hydrogens is 276 g/mol. The summed E-state index contributed by atoms with van der Waals surface area (Å²) >= 11 is 6.10. The van der Waals surface area contributed by atoms with Crippen LogP contribution < -0.4 is 11.1 Å². The van der Waals surface area contributed by atoms with Crippen LogP contribution in [0.4, 0.5) is 0 Å². The first-order chi connectivity index (χ1) is 9.49. The van der Waals surface area contributed by atoms with Crippen molar-refractivity contribution in [2.45, 2.75) is 39.3 Å². The van der Waals surface area contributed by atoms with E-state index in [-0.39, 0.29) is 6.10 Å². The lowest BCUT2D eigenvalue weighted by molar-refractivity contribution is 0.0999. The third-order valence-electron chi connectivity index (χ3n) is 3.60. The lowest BCUT2D eigenvalue weighted by Crippen LogP contribution is -2.32. The first-order valence-electron chi connectivity index (χ1n) is 6.96. The van der Waals surface area contributed by atoms with Crippen LogP contribution in [-0.2, 0) is 6.54 Å². The maximum atomic E-state index is 11.0. The highest BCUT2D eigenvalue weighted by atomic mass is 35.5. The fourth-order valence-corrected chi connectivity index (χ4v) is 2.45. The van der Waals surface area contributed by atoms with Crippen LogP contribution in [0.3, 0.4) is 0 Å². The fourth-order valence-electron chi connectivity index (χ4n) is 2.20. The second kappa shape index (κ2) is 8.25. The molecule has 1 unspecified atom stereocenters. The molecule has 0 aliphatic rings. The molecule has 0 aliphatic carbocycles. The fraction of sp³-hybridized carbons (Fsp3) is 0.533. The smallest absolute Gasteiger partial charge is 0.248 e. The predicted molar refractivity (Wildman–Crippen MR) is 81.8 cm³/mol. The third-order valence-corrected chi connectivity index (χ3v) is 3.95. The molecule has 0 spiro atoms. The summed E-state index contributed by atoms with van der Waals surface area (Å²) in [6.07, 6.45) is 1.58. The molecule has 0 radical (unpaired) electrons. The number of hydrogen-bond acceptors (Lipinski definition) is 3. The molecule has 0 fully saturated rings. The van der Waals surface area contributed by atoms with E-state index in [0.29, 0.717) is 29.6 Å². The van der Waals surface area contributed by atoms with Gasteiger partial charge in [-0.3, -0.25) is 4.79 Å². The van der Waals surface area contributed by atoms with Crippen LogP contribution in [0.1, 0.15) is 42.6 Å². The Bertz CT molecular complexity index is 447. The molecule has 4 nitrogen and oxygen atoms in total. The quantitative estimate of drug-likeness (QED) is 0.689. The number of rotatable bonds is 8. The van der Waals surface area contributed by atoms with Crippen molar-refractivity contribution in [2.24, 2.45) is 11.7 Å². The van der Waals surface area contributed by atoms with Crippen LogP contribution in [0.2, 0.25) is 5.02 Å². The largest absolute Gasteiger partial charge is 0.392 e. The van der Waals surface area contributed by atoms with E-state index >= 15 is 0 Å². The molecule has 0 heterocycles. The van der Waals surface area contributed by atoms with E-state index in [4.69, 9.17) is 17.3 Å². The minimum atomic E-state index is -0.490. The Morgan fingerprint density at radius 1 is 1.40 bits per heavy atom. The van der Waals surface area contributed by atoms with Gasteiger partial charge >= 0.3 is 0 Å². The van der Waals surface area contributed by atoms with Gasteiger partial charge in [0.1, 0.15) is 0 Å². The number of aliphatic hydroxyl groups excluding tert-OH is 1. The minimum Gasteiger partial charge on any atom is -0.392 e. The molecule has 0 saturated heterocycles. The molecule has 0 saturated carbocycles. The highest BCUT2D eigenvalue weighted by Gasteiger charge is 2.15. The molecule has 1 atom stereocenters. The Hall–Kier alpha value is -1.10. The average Bonchev–Trinajstić information content (AvgIpc) is 2.41. The number of hydrogen-bond donors (Lipinski definition) is 3. The van der Waals surface area contributed by atoms with E-state index in [2.05, 4.69) is 19.2 Å². The van der Waals surface area contributed by atoms with Gasteiger partial charge in [0.05, 0.1) is 6.10 Å². The summed E-state index contributed by atoms with van der Waals surface area (Å²) in [6.45, 7) is 5.24. The zero-order valence-electron chi connectivity index (χ0n) is 12.0. The highest BCUT2D eigenvalue weighted by molar-refractivity contribution is 6.31. The van der Waals surface area contributed by atoms with Crippen LogP contribution in [0.25, 0.3) is 0 Å². The normalized spacial score (nSPS) is 12.7. The molecule has 20 heavy (non-hydrogen) atoms. The number of aliphatic hydroxyl groups is 1. The molecular formula is C15H23ClN2O2. The maximum Gasteiger partial charge on any atom is 0.248 e. The number of nitrogens with two attached hydrogens (primary N) is 1. The molecule has 0 bridgehead atoms. The monoisotopic (exact) mass is 298 g/mol. The summed E-state index contributed by atoms with van der Waals surface area (Å²) < 4.78 is 0. The van der Waals surface area contributed by atoms with E-state index in [9.17, 15) is 9.90 Å². The second-order valence-electron chi connectivity index (χ2n) is 4.95. The highest BCUT2D eigenvalue weighted by Crippen LogP contribution is 2.18. The number of primary amides is 1. The third kappa shape index (κ3) is 4.78. The van der Waals surface area contributed by atoms with Crippen molar-refractivity contribution < 1.29 is 9.90 Å². The predicted octanol–water partition coefficient (Wildman–Crippen LogP) is 2.33. The van der Waals surface area contributed by atoms with Gasteiger partial charge < -0.3 is 16.2 Å². The summed E-state index contributed by atoms with van der Waals surface area (Å²) in [7, 11) is 0. The van der Waals surface area contributed by atoms with Gasteiger partial charge in [-0.05, 0) is 23.6 Å². The maximum absolute atomic E-state index is 11.0. The average molecular weight is 299 g/mol. The Balaban J connectivity index is 2.52. The summed E-state index contributed by atoms with van der Waals surface area (Å²) in [5, 5.41) is 13.7. The Labute approximate surface area is 125 Å². The molecule has 1 amide bonds. The van der Waals surface area contributed by atoms with Crippen molar-refractivity contribution in [3.05, 3.63) is 34.3 Å². The SMILES string of the molecule is CCC(CC)C(O)CNCc1ccc(C(N)=O)cc1Cl. The summed E-state index contributed by atoms with van der Waals surface area (Å²) in [4.78, 5) is 11.0. The molecule has 4 N–H and O–H groups in total. The molecule has 5 heteroatoms. The number of benzene rings is 1. The minimum absolute atomic E-state index is 0.315. The molecule has 0 aromatic heterocycles. The molecule has 1 rings (SSSR count). The van der Waals surface area contributed by atoms with Crippen molar-refractivity contribution in [1.29, 1.82) is 0 Å². The van der Waals surface area contributed by atoms with Crippen molar-refractivity contribution in [3.63, 3.8) is 0 Å². The van der Waals surface area contributed by atoms with Crippen molar-refractivity contribution in [2.75, 3.05) is 6.54 Å². The van der Waals surface area contributed by atoms with Gasteiger partial charge in [0.15, 0.2) is 0 Å². The lowest BCUT2D eigenvalue weighted by atomic mass is 9.96. The Kier molecular flexibility index (Phi) is 6.99. The van der Waals surface area contributed by atoms with Gasteiger partial charge in [0.2, 0.25) is 5.91 Å². The number of amides is 1. The molecule has 1 aromatic carbocycles. The number of carbonyl (C=O) groups excluding carboxylic acids is 1. The van der Waals surface area contributed by atoms with E-state index < -0.39 is 5.91 Å². The summed E-state index contributed by atoms with van der Waals surface area (Å²) in [5.41, 5.74) is 6.47. The van der Waals surface area contributed by atoms with Gasteiger partial charge in [-0.25, -0.2) is 0 Å². The van der Waals surface area contributed by atoms with Crippen LogP contribution in [0, 0.1) is 5.92 Å². The van der Waals surface area contributed by atoms with Crippen LogP contribution in [0.5, 0.6) is 0 Å². The van der Waals surface area contributed by atoms with E-state index in [1.807, 2.05) is 0 Å². The van der Waals surface area contributed by atoms with E-state index in [1.54, 1.807) is 18.2 Å². The number of nitrogens with one attached hydrogen (secondary N) is 1. The van der Waals surface area contributed by atoms with Crippen LogP contribution >= 0.6 is 11.6 Å². The van der Waals surface area contributed by atoms with Crippen LogP contribution in [-0.4, -0.2) is 23.7 Å². The van der Waals surface area contributed by atoms with Gasteiger partial charge in [-0.1, -0.05) is 44.4 Å². The standard InChI is InChI=1S/C15H23ClN2O2/c1-3-10(4-2)14(19)9-18-8-12-6-5-11(15(17)20)7-13(12)16/h5-7,10,14,18-19H,3-4,8-9H2,1-2H3,(H2,17,20). The van der Waals surface area contributed by atoms with Gasteiger partial charge in [-0.2, -0.15) is 0 Å². The number of carbonyl (C=O) groups is 1.